The van der Waals surface area contributed by atoms with Gasteiger partial charge in [-0.05, 0) is 37.1 Å². The SMILES string of the molecule is O=S(=O)(Nc1ccc(O)cc1)NC1CC1. The third-order valence-electron chi connectivity index (χ3n) is 2.02. The maximum atomic E-state index is 11.5. The second-order valence-corrected chi connectivity index (χ2v) is 4.99. The molecular formula is C9H12N2O3S. The molecule has 6 heteroatoms. The van der Waals surface area contributed by atoms with E-state index in [-0.39, 0.29) is 11.8 Å². The highest BCUT2D eigenvalue weighted by atomic mass is 32.2. The fourth-order valence-electron chi connectivity index (χ4n) is 1.13. The predicted octanol–water partition coefficient (Wildman–Crippen LogP) is 0.801. The van der Waals surface area contributed by atoms with E-state index in [2.05, 4.69) is 9.44 Å². The Morgan fingerprint density at radius 1 is 1.20 bits per heavy atom. The topological polar surface area (TPSA) is 78.4 Å². The van der Waals surface area contributed by atoms with Crippen LogP contribution in [-0.2, 0) is 10.2 Å². The molecule has 1 aliphatic carbocycles. The van der Waals surface area contributed by atoms with Gasteiger partial charge in [0.15, 0.2) is 0 Å². The Bertz CT molecular complexity index is 437. The number of hydrogen-bond donors (Lipinski definition) is 3. The van der Waals surface area contributed by atoms with Gasteiger partial charge >= 0.3 is 0 Å². The number of phenols is 1. The maximum Gasteiger partial charge on any atom is 0.299 e. The molecule has 5 nitrogen and oxygen atoms in total. The Balaban J connectivity index is 2.03. The first-order valence-electron chi connectivity index (χ1n) is 4.64. The summed E-state index contributed by atoms with van der Waals surface area (Å²) in [5, 5.41) is 9.02. The Morgan fingerprint density at radius 3 is 2.33 bits per heavy atom. The lowest BCUT2D eigenvalue weighted by Gasteiger charge is -2.08. The molecule has 0 radical (unpaired) electrons. The first-order valence-corrected chi connectivity index (χ1v) is 6.12. The molecule has 0 saturated heterocycles. The van der Waals surface area contributed by atoms with E-state index in [1.165, 1.54) is 24.3 Å². The number of rotatable bonds is 4. The molecule has 0 bridgehead atoms. The number of benzene rings is 1. The number of aromatic hydroxyl groups is 1. The van der Waals surface area contributed by atoms with Gasteiger partial charge < -0.3 is 5.11 Å². The largest absolute Gasteiger partial charge is 0.508 e. The van der Waals surface area contributed by atoms with Crippen molar-refractivity contribution in [1.82, 2.24) is 4.72 Å². The van der Waals surface area contributed by atoms with Crippen molar-refractivity contribution in [2.75, 3.05) is 4.72 Å². The van der Waals surface area contributed by atoms with Crippen molar-refractivity contribution in [1.29, 1.82) is 0 Å². The predicted molar refractivity (Wildman–Crippen MR) is 56.8 cm³/mol. The minimum absolute atomic E-state index is 0.0830. The molecule has 3 N–H and O–H groups in total. The fourth-order valence-corrected chi connectivity index (χ4v) is 2.31. The Labute approximate surface area is 88.3 Å². The summed E-state index contributed by atoms with van der Waals surface area (Å²) in [6.45, 7) is 0. The summed E-state index contributed by atoms with van der Waals surface area (Å²) in [4.78, 5) is 0. The number of phenolic OH excluding ortho intramolecular Hbond substituents is 1. The molecule has 0 aliphatic heterocycles. The zero-order valence-corrected chi connectivity index (χ0v) is 8.79. The van der Waals surface area contributed by atoms with E-state index in [1.807, 2.05) is 0 Å². The van der Waals surface area contributed by atoms with E-state index in [4.69, 9.17) is 5.11 Å². The van der Waals surface area contributed by atoms with Crippen molar-refractivity contribution in [3.05, 3.63) is 24.3 Å². The molecule has 1 aliphatic rings. The molecule has 0 heterocycles. The smallest absolute Gasteiger partial charge is 0.299 e. The summed E-state index contributed by atoms with van der Waals surface area (Å²) < 4.78 is 27.8. The molecule has 1 aromatic rings. The fraction of sp³-hybridized carbons (Fsp3) is 0.333. The van der Waals surface area contributed by atoms with Crippen molar-refractivity contribution >= 4 is 15.9 Å². The molecule has 0 aromatic heterocycles. The highest BCUT2D eigenvalue weighted by Crippen LogP contribution is 2.20. The maximum absolute atomic E-state index is 11.5. The summed E-state index contributed by atoms with van der Waals surface area (Å²) in [6, 6.07) is 5.94. The molecule has 2 rings (SSSR count). The van der Waals surface area contributed by atoms with Gasteiger partial charge in [-0.15, -0.1) is 0 Å². The summed E-state index contributed by atoms with van der Waals surface area (Å²) in [5.41, 5.74) is 0.431. The minimum Gasteiger partial charge on any atom is -0.508 e. The Kier molecular flexibility index (Phi) is 2.54. The molecule has 1 fully saturated rings. The van der Waals surface area contributed by atoms with Crippen molar-refractivity contribution in [3.8, 4) is 5.75 Å². The summed E-state index contributed by atoms with van der Waals surface area (Å²) in [5.74, 6) is 0.105. The van der Waals surface area contributed by atoms with Crippen molar-refractivity contribution < 1.29 is 13.5 Å². The van der Waals surface area contributed by atoms with Crippen molar-refractivity contribution in [2.24, 2.45) is 0 Å². The van der Waals surface area contributed by atoms with E-state index in [0.29, 0.717) is 5.69 Å². The molecular weight excluding hydrogens is 216 g/mol. The first kappa shape index (κ1) is 10.3. The highest BCUT2D eigenvalue weighted by molar-refractivity contribution is 7.90. The van der Waals surface area contributed by atoms with E-state index >= 15 is 0 Å². The average molecular weight is 228 g/mol. The summed E-state index contributed by atoms with van der Waals surface area (Å²) in [6.07, 6.45) is 1.80. The molecule has 0 spiro atoms. The van der Waals surface area contributed by atoms with Gasteiger partial charge in [-0.3, -0.25) is 4.72 Å². The van der Waals surface area contributed by atoms with Gasteiger partial charge in [-0.25, -0.2) is 0 Å². The van der Waals surface area contributed by atoms with Crippen LogP contribution in [0.15, 0.2) is 24.3 Å². The summed E-state index contributed by atoms with van der Waals surface area (Å²) >= 11 is 0. The molecule has 1 saturated carbocycles. The van der Waals surface area contributed by atoms with Gasteiger partial charge in [0.2, 0.25) is 0 Å². The zero-order chi connectivity index (χ0) is 10.9. The van der Waals surface area contributed by atoms with Crippen LogP contribution in [0.3, 0.4) is 0 Å². The highest BCUT2D eigenvalue weighted by Gasteiger charge is 2.26. The molecule has 0 amide bonds. The van der Waals surface area contributed by atoms with Crippen LogP contribution in [0, 0.1) is 0 Å². The molecule has 0 unspecified atom stereocenters. The van der Waals surface area contributed by atoms with Crippen LogP contribution in [0.4, 0.5) is 5.69 Å². The van der Waals surface area contributed by atoms with Crippen LogP contribution in [0.1, 0.15) is 12.8 Å². The second-order valence-electron chi connectivity index (χ2n) is 3.54. The van der Waals surface area contributed by atoms with Crippen LogP contribution in [0.2, 0.25) is 0 Å². The quantitative estimate of drug-likeness (QED) is 0.667. The van der Waals surface area contributed by atoms with Crippen LogP contribution >= 0.6 is 0 Å². The monoisotopic (exact) mass is 228 g/mol. The second kappa shape index (κ2) is 3.71. The lowest BCUT2D eigenvalue weighted by Crippen LogP contribution is -2.31. The average Bonchev–Trinajstić information content (AvgIpc) is 2.91. The third-order valence-corrected chi connectivity index (χ3v) is 3.17. The van der Waals surface area contributed by atoms with Gasteiger partial charge in [0.25, 0.3) is 10.2 Å². The van der Waals surface area contributed by atoms with E-state index < -0.39 is 10.2 Å². The molecule has 15 heavy (non-hydrogen) atoms. The van der Waals surface area contributed by atoms with Gasteiger partial charge in [0.05, 0.1) is 0 Å². The Hall–Kier alpha value is -1.27. The lowest BCUT2D eigenvalue weighted by atomic mass is 10.3. The normalized spacial score (nSPS) is 16.3. The molecule has 1 aromatic carbocycles. The molecule has 82 valence electrons. The van der Waals surface area contributed by atoms with E-state index in [9.17, 15) is 8.42 Å². The molecule has 0 atom stereocenters. The van der Waals surface area contributed by atoms with Gasteiger partial charge in [-0.1, -0.05) is 0 Å². The summed E-state index contributed by atoms with van der Waals surface area (Å²) in [7, 11) is -3.47. The number of anilines is 1. The van der Waals surface area contributed by atoms with E-state index in [0.717, 1.165) is 12.8 Å². The number of nitrogens with one attached hydrogen (secondary N) is 2. The van der Waals surface area contributed by atoms with Crippen LogP contribution in [0.25, 0.3) is 0 Å². The number of hydrogen-bond acceptors (Lipinski definition) is 3. The van der Waals surface area contributed by atoms with Gasteiger partial charge in [-0.2, -0.15) is 13.1 Å². The van der Waals surface area contributed by atoms with Crippen LogP contribution in [-0.4, -0.2) is 19.6 Å². The van der Waals surface area contributed by atoms with Gasteiger partial charge in [0, 0.05) is 11.7 Å². The van der Waals surface area contributed by atoms with Crippen molar-refractivity contribution in [3.63, 3.8) is 0 Å². The third kappa shape index (κ3) is 3.10. The van der Waals surface area contributed by atoms with Crippen LogP contribution in [0.5, 0.6) is 5.75 Å². The van der Waals surface area contributed by atoms with Gasteiger partial charge in [0.1, 0.15) is 5.75 Å². The zero-order valence-electron chi connectivity index (χ0n) is 7.97. The van der Waals surface area contributed by atoms with E-state index in [1.54, 1.807) is 0 Å². The van der Waals surface area contributed by atoms with Crippen molar-refractivity contribution in [2.45, 2.75) is 18.9 Å². The van der Waals surface area contributed by atoms with Crippen LogP contribution < -0.4 is 9.44 Å². The first-order chi connectivity index (χ1) is 7.05. The minimum atomic E-state index is -3.47. The Morgan fingerprint density at radius 2 is 1.80 bits per heavy atom. The standard InChI is InChI=1S/C9H12N2O3S/c12-9-5-3-8(4-6-9)11-15(13,14)10-7-1-2-7/h3-7,10-12H,1-2H2. The lowest BCUT2D eigenvalue weighted by molar-refractivity contribution is 0.475.